The predicted octanol–water partition coefficient (Wildman–Crippen LogP) is 0.843. The summed E-state index contributed by atoms with van der Waals surface area (Å²) in [7, 11) is 0. The van der Waals surface area contributed by atoms with E-state index in [1.165, 1.54) is 0 Å². The summed E-state index contributed by atoms with van der Waals surface area (Å²) in [6.07, 6.45) is 4.07. The van der Waals surface area contributed by atoms with Crippen LogP contribution in [0.2, 0.25) is 0 Å². The first kappa shape index (κ1) is 13.7. The Morgan fingerprint density at radius 3 is 2.71 bits per heavy atom. The largest absolute Gasteiger partial charge is 0.459 e. The molecule has 0 radical (unpaired) electrons. The van der Waals surface area contributed by atoms with Crippen molar-refractivity contribution in [3.05, 3.63) is 12.2 Å². The summed E-state index contributed by atoms with van der Waals surface area (Å²) in [6, 6.07) is 0. The monoisotopic (exact) mass is 264 g/mol. The van der Waals surface area contributed by atoms with Crippen LogP contribution in [0.5, 0.6) is 0 Å². The van der Waals surface area contributed by atoms with Crippen molar-refractivity contribution in [2.45, 2.75) is 25.1 Å². The highest BCUT2D eigenvalue weighted by molar-refractivity contribution is 9.10. The van der Waals surface area contributed by atoms with E-state index in [4.69, 9.17) is 4.74 Å². The van der Waals surface area contributed by atoms with E-state index >= 15 is 0 Å². The third-order valence-electron chi connectivity index (χ3n) is 1.58. The lowest BCUT2D eigenvalue weighted by atomic mass is 10.2. The van der Waals surface area contributed by atoms with Crippen molar-refractivity contribution in [2.75, 3.05) is 19.7 Å². The Morgan fingerprint density at radius 1 is 1.57 bits per heavy atom. The normalized spacial score (nSPS) is 12.0. The van der Waals surface area contributed by atoms with E-state index in [1.807, 2.05) is 13.0 Å². The number of ether oxygens (including phenoxy) is 1. The zero-order chi connectivity index (χ0) is 11.0. The molecule has 2 N–H and O–H groups in total. The maximum absolute atomic E-state index is 11.3. The number of hydrogen-bond donors (Lipinski definition) is 1. The maximum atomic E-state index is 11.3. The molecule has 14 heavy (non-hydrogen) atoms. The summed E-state index contributed by atoms with van der Waals surface area (Å²) in [4.78, 5) is 11.3. The van der Waals surface area contributed by atoms with Gasteiger partial charge in [-0.15, -0.1) is 0 Å². The highest BCUT2D eigenvalue weighted by Gasteiger charge is 2.25. The lowest BCUT2D eigenvalue weighted by molar-refractivity contribution is -0.646. The minimum Gasteiger partial charge on any atom is -0.459 e. The Labute approximate surface area is 94.0 Å². The predicted molar refractivity (Wildman–Crippen MR) is 60.4 cm³/mol. The van der Waals surface area contributed by atoms with Crippen LogP contribution in [0.25, 0.3) is 0 Å². The van der Waals surface area contributed by atoms with Crippen LogP contribution in [0.3, 0.4) is 0 Å². The molecule has 0 aliphatic heterocycles. The third kappa shape index (κ3) is 7.09. The Kier molecular flexibility index (Phi) is 6.83. The number of carbonyl (C=O) groups is 1. The molecule has 0 saturated heterocycles. The molecule has 0 atom stereocenters. The van der Waals surface area contributed by atoms with E-state index in [2.05, 4.69) is 27.3 Å². The van der Waals surface area contributed by atoms with Gasteiger partial charge in [0.25, 0.3) is 0 Å². The van der Waals surface area contributed by atoms with Gasteiger partial charge < -0.3 is 10.1 Å². The maximum Gasteiger partial charge on any atom is 0.322 e. The molecule has 0 amide bonds. The molecule has 0 saturated carbocycles. The summed E-state index contributed by atoms with van der Waals surface area (Å²) in [6.45, 7) is 7.75. The van der Waals surface area contributed by atoms with Crippen LogP contribution >= 0.6 is 15.9 Å². The smallest absolute Gasteiger partial charge is 0.322 e. The standard InChI is InChI=1S/C10H18BrNO2/c1-4-5-6-12-7-8-14-9(13)10(2,3)11/h4-5,12H,6-8H2,1-3H3/p+1/b5-4+. The molecule has 0 heterocycles. The van der Waals surface area contributed by atoms with Crippen LogP contribution in [0, 0.1) is 0 Å². The number of nitrogens with two attached hydrogens (primary N) is 1. The number of carbonyl (C=O) groups excluding carboxylic acids is 1. The SMILES string of the molecule is C/C=C/C[NH2+]CCOC(=O)C(C)(C)Br. The second kappa shape index (κ2) is 7.01. The van der Waals surface area contributed by atoms with Gasteiger partial charge in [0, 0.05) is 0 Å². The van der Waals surface area contributed by atoms with Gasteiger partial charge in [0.05, 0.1) is 6.54 Å². The summed E-state index contributed by atoms with van der Waals surface area (Å²) in [5.41, 5.74) is 0. The van der Waals surface area contributed by atoms with Gasteiger partial charge in [-0.05, 0) is 26.8 Å². The quantitative estimate of drug-likeness (QED) is 0.335. The molecule has 0 aromatic carbocycles. The molecule has 0 spiro atoms. The fourth-order valence-corrected chi connectivity index (χ4v) is 0.871. The number of hydrogen-bond acceptors (Lipinski definition) is 2. The fourth-order valence-electron chi connectivity index (χ4n) is 0.757. The van der Waals surface area contributed by atoms with E-state index in [1.54, 1.807) is 13.8 Å². The van der Waals surface area contributed by atoms with Gasteiger partial charge in [0.2, 0.25) is 0 Å². The van der Waals surface area contributed by atoms with E-state index in [-0.39, 0.29) is 5.97 Å². The van der Waals surface area contributed by atoms with Gasteiger partial charge in [-0.25, -0.2) is 0 Å². The summed E-state index contributed by atoms with van der Waals surface area (Å²) >= 11 is 3.24. The second-order valence-corrected chi connectivity index (χ2v) is 5.47. The van der Waals surface area contributed by atoms with Crippen molar-refractivity contribution < 1.29 is 14.8 Å². The average molecular weight is 265 g/mol. The molecule has 0 aliphatic rings. The third-order valence-corrected chi connectivity index (χ3v) is 1.90. The molecule has 0 aromatic rings. The molecule has 82 valence electrons. The van der Waals surface area contributed by atoms with Gasteiger partial charge in [-0.3, -0.25) is 4.79 Å². The van der Waals surface area contributed by atoms with Gasteiger partial charge in [-0.2, -0.15) is 0 Å². The molecule has 0 rings (SSSR count). The zero-order valence-corrected chi connectivity index (χ0v) is 10.6. The summed E-state index contributed by atoms with van der Waals surface area (Å²) < 4.78 is 4.47. The molecule has 0 aromatic heterocycles. The Bertz CT molecular complexity index is 197. The van der Waals surface area contributed by atoms with E-state index in [0.717, 1.165) is 13.1 Å². The highest BCUT2D eigenvalue weighted by Crippen LogP contribution is 2.16. The van der Waals surface area contributed by atoms with E-state index in [0.29, 0.717) is 6.61 Å². The first-order chi connectivity index (χ1) is 6.48. The molecule has 0 aliphatic carbocycles. The first-order valence-electron chi connectivity index (χ1n) is 4.77. The van der Waals surface area contributed by atoms with Crippen molar-refractivity contribution in [1.82, 2.24) is 0 Å². The van der Waals surface area contributed by atoms with Crippen molar-refractivity contribution in [2.24, 2.45) is 0 Å². The molecule has 0 fully saturated rings. The van der Waals surface area contributed by atoms with Gasteiger partial charge in [0.15, 0.2) is 0 Å². The van der Waals surface area contributed by atoms with Crippen LogP contribution in [0.1, 0.15) is 20.8 Å². The lowest BCUT2D eigenvalue weighted by Crippen LogP contribution is -2.84. The average Bonchev–Trinajstić information content (AvgIpc) is 2.09. The van der Waals surface area contributed by atoms with Crippen molar-refractivity contribution in [1.29, 1.82) is 0 Å². The lowest BCUT2D eigenvalue weighted by Gasteiger charge is -2.13. The van der Waals surface area contributed by atoms with Crippen LogP contribution in [-0.4, -0.2) is 30.0 Å². The van der Waals surface area contributed by atoms with Crippen LogP contribution < -0.4 is 5.32 Å². The van der Waals surface area contributed by atoms with Crippen LogP contribution in [0.4, 0.5) is 0 Å². The number of halogens is 1. The van der Waals surface area contributed by atoms with Crippen molar-refractivity contribution in [3.8, 4) is 0 Å². The van der Waals surface area contributed by atoms with Crippen LogP contribution in [-0.2, 0) is 9.53 Å². The Hall–Kier alpha value is -0.350. The molecule has 0 bridgehead atoms. The number of rotatable bonds is 6. The molecular formula is C10H19BrNO2+. The van der Waals surface area contributed by atoms with Gasteiger partial charge in [-0.1, -0.05) is 22.0 Å². The number of alkyl halides is 1. The minimum atomic E-state index is -0.573. The first-order valence-corrected chi connectivity index (χ1v) is 5.56. The Morgan fingerprint density at radius 2 is 2.21 bits per heavy atom. The topological polar surface area (TPSA) is 42.9 Å². The Balaban J connectivity index is 3.42. The van der Waals surface area contributed by atoms with E-state index < -0.39 is 4.32 Å². The second-order valence-electron chi connectivity index (χ2n) is 3.49. The molecule has 4 heteroatoms. The van der Waals surface area contributed by atoms with Crippen molar-refractivity contribution in [3.63, 3.8) is 0 Å². The number of allylic oxidation sites excluding steroid dienone is 1. The van der Waals surface area contributed by atoms with Crippen LogP contribution in [0.15, 0.2) is 12.2 Å². The van der Waals surface area contributed by atoms with Crippen molar-refractivity contribution >= 4 is 21.9 Å². The molecule has 0 unspecified atom stereocenters. The zero-order valence-electron chi connectivity index (χ0n) is 9.05. The summed E-state index contributed by atoms with van der Waals surface area (Å²) in [5, 5.41) is 2.09. The highest BCUT2D eigenvalue weighted by atomic mass is 79.9. The number of quaternary nitrogens is 1. The van der Waals surface area contributed by atoms with Gasteiger partial charge in [0.1, 0.15) is 17.5 Å². The fraction of sp³-hybridized carbons (Fsp3) is 0.700. The minimum absolute atomic E-state index is 0.211. The molecule has 3 nitrogen and oxygen atoms in total. The molecular weight excluding hydrogens is 246 g/mol. The van der Waals surface area contributed by atoms with E-state index in [9.17, 15) is 4.79 Å². The number of esters is 1. The van der Waals surface area contributed by atoms with Gasteiger partial charge >= 0.3 is 5.97 Å². The summed E-state index contributed by atoms with van der Waals surface area (Å²) in [5.74, 6) is -0.211.